The normalized spacial score (nSPS) is 14.8. The molecule has 0 aliphatic heterocycles. The molecule has 1 rings (SSSR count). The van der Waals surface area contributed by atoms with Crippen LogP contribution < -0.4 is 11.1 Å². The van der Waals surface area contributed by atoms with Gasteiger partial charge in [-0.15, -0.1) is 11.3 Å². The van der Waals surface area contributed by atoms with Crippen molar-refractivity contribution in [1.82, 2.24) is 5.32 Å². The van der Waals surface area contributed by atoms with Gasteiger partial charge in [-0.1, -0.05) is 19.9 Å². The minimum absolute atomic E-state index is 0.0470. The van der Waals surface area contributed by atoms with Gasteiger partial charge in [-0.2, -0.15) is 0 Å². The van der Waals surface area contributed by atoms with Crippen LogP contribution in [-0.4, -0.2) is 11.9 Å². The van der Waals surface area contributed by atoms with E-state index in [0.717, 1.165) is 11.3 Å². The highest BCUT2D eigenvalue weighted by atomic mass is 32.1. The number of carbonyl (C=O) groups excluding carboxylic acids is 1. The quantitative estimate of drug-likeness (QED) is 0.829. The molecule has 0 saturated carbocycles. The molecule has 0 saturated heterocycles. The SMILES string of the molecule is CC(C)C[C@@H](N)C(=O)N[C@H](C)c1cccs1. The van der Waals surface area contributed by atoms with Crippen molar-refractivity contribution in [2.24, 2.45) is 11.7 Å². The lowest BCUT2D eigenvalue weighted by Gasteiger charge is -2.17. The fraction of sp³-hybridized carbons (Fsp3) is 0.583. The first-order valence-electron chi connectivity index (χ1n) is 5.60. The van der Waals surface area contributed by atoms with E-state index in [9.17, 15) is 4.79 Å². The Hall–Kier alpha value is -0.870. The van der Waals surface area contributed by atoms with Crippen LogP contribution in [0.25, 0.3) is 0 Å². The molecule has 3 nitrogen and oxygen atoms in total. The summed E-state index contributed by atoms with van der Waals surface area (Å²) >= 11 is 1.64. The number of thiophene rings is 1. The first-order valence-corrected chi connectivity index (χ1v) is 6.48. The summed E-state index contributed by atoms with van der Waals surface area (Å²) in [5, 5.41) is 4.94. The van der Waals surface area contributed by atoms with Gasteiger partial charge in [0.1, 0.15) is 0 Å². The van der Waals surface area contributed by atoms with Gasteiger partial charge in [0.25, 0.3) is 0 Å². The third-order valence-corrected chi connectivity index (χ3v) is 3.45. The van der Waals surface area contributed by atoms with Crippen LogP contribution >= 0.6 is 11.3 Å². The van der Waals surface area contributed by atoms with Gasteiger partial charge in [-0.25, -0.2) is 0 Å². The van der Waals surface area contributed by atoms with Gasteiger partial charge in [0.15, 0.2) is 0 Å². The monoisotopic (exact) mass is 240 g/mol. The molecule has 1 aromatic heterocycles. The van der Waals surface area contributed by atoms with E-state index in [1.54, 1.807) is 11.3 Å². The third-order valence-electron chi connectivity index (χ3n) is 2.39. The standard InChI is InChI=1S/C12H20N2OS/c1-8(2)7-10(13)12(15)14-9(3)11-5-4-6-16-11/h4-6,8-10H,7,13H2,1-3H3,(H,14,15)/t9-,10-/m1/s1. The number of nitrogens with two attached hydrogens (primary N) is 1. The van der Waals surface area contributed by atoms with E-state index in [2.05, 4.69) is 19.2 Å². The second-order valence-corrected chi connectivity index (χ2v) is 5.46. The minimum Gasteiger partial charge on any atom is -0.347 e. The van der Waals surface area contributed by atoms with Crippen molar-refractivity contribution in [3.05, 3.63) is 22.4 Å². The number of hydrogen-bond acceptors (Lipinski definition) is 3. The molecule has 0 radical (unpaired) electrons. The van der Waals surface area contributed by atoms with E-state index >= 15 is 0 Å². The Bertz CT molecular complexity index is 322. The molecule has 0 aliphatic carbocycles. The summed E-state index contributed by atoms with van der Waals surface area (Å²) < 4.78 is 0. The zero-order valence-corrected chi connectivity index (χ0v) is 10.9. The highest BCUT2D eigenvalue weighted by molar-refractivity contribution is 7.10. The second-order valence-electron chi connectivity index (χ2n) is 4.48. The molecular weight excluding hydrogens is 220 g/mol. The lowest BCUT2D eigenvalue weighted by atomic mass is 10.0. The second kappa shape index (κ2) is 6.01. The van der Waals surface area contributed by atoms with Crippen molar-refractivity contribution < 1.29 is 4.79 Å². The number of nitrogens with one attached hydrogen (secondary N) is 1. The maximum Gasteiger partial charge on any atom is 0.237 e. The molecule has 1 aromatic rings. The van der Waals surface area contributed by atoms with Crippen LogP contribution in [0.3, 0.4) is 0 Å². The van der Waals surface area contributed by atoms with Crippen LogP contribution in [0.2, 0.25) is 0 Å². The predicted octanol–water partition coefficient (Wildman–Crippen LogP) is 2.30. The summed E-state index contributed by atoms with van der Waals surface area (Å²) in [7, 11) is 0. The number of hydrogen-bond donors (Lipinski definition) is 2. The van der Waals surface area contributed by atoms with E-state index in [1.165, 1.54) is 0 Å². The molecule has 90 valence electrons. The minimum atomic E-state index is -0.401. The van der Waals surface area contributed by atoms with Crippen LogP contribution in [0.1, 0.15) is 38.1 Å². The van der Waals surface area contributed by atoms with Gasteiger partial charge in [-0.3, -0.25) is 4.79 Å². The first kappa shape index (κ1) is 13.2. The van der Waals surface area contributed by atoms with Crippen LogP contribution in [0, 0.1) is 5.92 Å². The van der Waals surface area contributed by atoms with Crippen molar-refractivity contribution in [2.45, 2.75) is 39.3 Å². The number of rotatable bonds is 5. The topological polar surface area (TPSA) is 55.1 Å². The summed E-state index contributed by atoms with van der Waals surface area (Å²) in [6.07, 6.45) is 0.725. The Morgan fingerprint density at radius 3 is 2.69 bits per heavy atom. The lowest BCUT2D eigenvalue weighted by molar-refractivity contribution is -0.123. The molecule has 4 heteroatoms. The Balaban J connectivity index is 2.45. The molecule has 1 amide bonds. The third kappa shape index (κ3) is 3.94. The molecule has 1 heterocycles. The van der Waals surface area contributed by atoms with Crippen molar-refractivity contribution in [3.63, 3.8) is 0 Å². The van der Waals surface area contributed by atoms with Crippen molar-refractivity contribution >= 4 is 17.2 Å². The van der Waals surface area contributed by atoms with E-state index in [4.69, 9.17) is 5.73 Å². The maximum atomic E-state index is 11.8. The molecular formula is C12H20N2OS. The first-order chi connectivity index (χ1) is 7.50. The predicted molar refractivity (Wildman–Crippen MR) is 68.3 cm³/mol. The zero-order chi connectivity index (χ0) is 12.1. The lowest BCUT2D eigenvalue weighted by Crippen LogP contribution is -2.42. The van der Waals surface area contributed by atoms with E-state index in [-0.39, 0.29) is 11.9 Å². The Morgan fingerprint density at radius 2 is 2.19 bits per heavy atom. The molecule has 0 aliphatic rings. The summed E-state index contributed by atoms with van der Waals surface area (Å²) in [4.78, 5) is 12.9. The fourth-order valence-corrected chi connectivity index (χ4v) is 2.28. The molecule has 3 N–H and O–H groups in total. The highest BCUT2D eigenvalue weighted by Crippen LogP contribution is 2.18. The summed E-state index contributed by atoms with van der Waals surface area (Å²) in [6, 6.07) is 3.65. The van der Waals surface area contributed by atoms with Gasteiger partial charge in [0.05, 0.1) is 12.1 Å². The summed E-state index contributed by atoms with van der Waals surface area (Å²) in [6.45, 7) is 6.11. The van der Waals surface area contributed by atoms with Crippen molar-refractivity contribution in [3.8, 4) is 0 Å². The summed E-state index contributed by atoms with van der Waals surface area (Å²) in [5.41, 5.74) is 5.81. The highest BCUT2D eigenvalue weighted by Gasteiger charge is 2.17. The summed E-state index contributed by atoms with van der Waals surface area (Å²) in [5.74, 6) is 0.382. The maximum absolute atomic E-state index is 11.8. The van der Waals surface area contributed by atoms with Gasteiger partial charge < -0.3 is 11.1 Å². The Morgan fingerprint density at radius 1 is 1.50 bits per heavy atom. The van der Waals surface area contributed by atoms with Crippen LogP contribution in [0.15, 0.2) is 17.5 Å². The molecule has 2 atom stereocenters. The smallest absolute Gasteiger partial charge is 0.237 e. The largest absolute Gasteiger partial charge is 0.347 e. The van der Waals surface area contributed by atoms with Gasteiger partial charge in [0, 0.05) is 4.88 Å². The van der Waals surface area contributed by atoms with Crippen LogP contribution in [0.5, 0.6) is 0 Å². The molecule has 16 heavy (non-hydrogen) atoms. The van der Waals surface area contributed by atoms with Crippen molar-refractivity contribution in [1.29, 1.82) is 0 Å². The van der Waals surface area contributed by atoms with Crippen molar-refractivity contribution in [2.75, 3.05) is 0 Å². The Kier molecular flexibility index (Phi) is 4.96. The Labute approximate surface area is 101 Å². The fourth-order valence-electron chi connectivity index (χ4n) is 1.54. The van der Waals surface area contributed by atoms with Crippen LogP contribution in [0.4, 0.5) is 0 Å². The molecule has 0 aromatic carbocycles. The van der Waals surface area contributed by atoms with E-state index < -0.39 is 6.04 Å². The average Bonchev–Trinajstić information content (AvgIpc) is 2.68. The van der Waals surface area contributed by atoms with Gasteiger partial charge in [0.2, 0.25) is 5.91 Å². The molecule has 0 bridgehead atoms. The van der Waals surface area contributed by atoms with Gasteiger partial charge in [-0.05, 0) is 30.7 Å². The van der Waals surface area contributed by atoms with Gasteiger partial charge >= 0.3 is 0 Å². The number of amides is 1. The molecule has 0 fully saturated rings. The van der Waals surface area contributed by atoms with E-state index in [1.807, 2.05) is 24.4 Å². The molecule has 0 spiro atoms. The molecule has 0 unspecified atom stereocenters. The average molecular weight is 240 g/mol. The number of carbonyl (C=O) groups is 1. The van der Waals surface area contributed by atoms with Crippen LogP contribution in [-0.2, 0) is 4.79 Å². The zero-order valence-electron chi connectivity index (χ0n) is 10.1. The van der Waals surface area contributed by atoms with E-state index in [0.29, 0.717) is 5.92 Å².